The molecule has 4 heterocycles. The maximum atomic E-state index is 12.0. The Balaban J connectivity index is 1.49. The van der Waals surface area contributed by atoms with E-state index in [1.54, 1.807) is 17.4 Å². The number of aromatic nitrogens is 3. The molecule has 0 aromatic carbocycles. The van der Waals surface area contributed by atoms with E-state index in [0.29, 0.717) is 13.1 Å². The van der Waals surface area contributed by atoms with Crippen molar-refractivity contribution in [3.63, 3.8) is 0 Å². The van der Waals surface area contributed by atoms with E-state index in [0.717, 1.165) is 47.1 Å². The van der Waals surface area contributed by atoms with Crippen molar-refractivity contribution in [3.8, 4) is 10.6 Å². The molecule has 0 unspecified atom stereocenters. The minimum absolute atomic E-state index is 0.0282. The van der Waals surface area contributed by atoms with Gasteiger partial charge in [0.1, 0.15) is 0 Å². The summed E-state index contributed by atoms with van der Waals surface area (Å²) in [6.45, 7) is 4.89. The smallest absolute Gasteiger partial charge is 0.267 e. The third-order valence-electron chi connectivity index (χ3n) is 4.23. The molecule has 0 fully saturated rings. The van der Waals surface area contributed by atoms with Crippen molar-refractivity contribution in [2.45, 2.75) is 33.0 Å². The standard InChI is InChI=1S/C17H18N4O2S/c1-2-21-17(22)8-12-10-20(6-5-14(12)18-21)11-13-9-15(23-19-13)16-4-3-7-24-16/h3-4,7-9H,2,5-6,10-11H2,1H3. The second kappa shape index (κ2) is 6.33. The second-order valence-electron chi connectivity index (χ2n) is 5.89. The monoisotopic (exact) mass is 342 g/mol. The lowest BCUT2D eigenvalue weighted by molar-refractivity contribution is 0.233. The van der Waals surface area contributed by atoms with Gasteiger partial charge in [-0.25, -0.2) is 4.68 Å². The quantitative estimate of drug-likeness (QED) is 0.729. The molecule has 0 bridgehead atoms. The van der Waals surface area contributed by atoms with E-state index in [1.807, 2.05) is 30.5 Å². The maximum Gasteiger partial charge on any atom is 0.267 e. The molecule has 0 aliphatic carbocycles. The normalized spacial score (nSPS) is 14.7. The molecule has 0 saturated carbocycles. The highest BCUT2D eigenvalue weighted by atomic mass is 32.1. The summed E-state index contributed by atoms with van der Waals surface area (Å²) >= 11 is 1.64. The molecule has 7 heteroatoms. The highest BCUT2D eigenvalue weighted by Crippen LogP contribution is 2.26. The van der Waals surface area contributed by atoms with E-state index in [2.05, 4.69) is 15.2 Å². The Kier molecular flexibility index (Phi) is 4.03. The fraction of sp³-hybridized carbons (Fsp3) is 0.353. The number of thiophene rings is 1. The highest BCUT2D eigenvalue weighted by molar-refractivity contribution is 7.13. The Morgan fingerprint density at radius 3 is 3.08 bits per heavy atom. The van der Waals surface area contributed by atoms with Crippen LogP contribution in [-0.4, -0.2) is 26.4 Å². The van der Waals surface area contributed by atoms with Crippen molar-refractivity contribution < 1.29 is 4.52 Å². The van der Waals surface area contributed by atoms with Gasteiger partial charge in [-0.2, -0.15) is 5.10 Å². The van der Waals surface area contributed by atoms with Crippen molar-refractivity contribution in [2.24, 2.45) is 0 Å². The molecule has 0 saturated heterocycles. The summed E-state index contributed by atoms with van der Waals surface area (Å²) in [4.78, 5) is 15.3. The van der Waals surface area contributed by atoms with Crippen molar-refractivity contribution in [1.29, 1.82) is 0 Å². The summed E-state index contributed by atoms with van der Waals surface area (Å²) in [7, 11) is 0. The molecule has 0 radical (unpaired) electrons. The SMILES string of the molecule is CCn1nc2c(cc1=O)CN(Cc1cc(-c3cccs3)on1)CC2. The average Bonchev–Trinajstić information content (AvgIpc) is 3.25. The van der Waals surface area contributed by atoms with Crippen LogP contribution in [0.25, 0.3) is 10.6 Å². The molecule has 24 heavy (non-hydrogen) atoms. The van der Waals surface area contributed by atoms with Gasteiger partial charge >= 0.3 is 0 Å². The van der Waals surface area contributed by atoms with Crippen LogP contribution >= 0.6 is 11.3 Å². The largest absolute Gasteiger partial charge is 0.355 e. The zero-order chi connectivity index (χ0) is 16.5. The number of hydrogen-bond acceptors (Lipinski definition) is 6. The summed E-state index contributed by atoms with van der Waals surface area (Å²) in [5.74, 6) is 0.810. The van der Waals surface area contributed by atoms with Gasteiger partial charge in [0.15, 0.2) is 5.76 Å². The van der Waals surface area contributed by atoms with Gasteiger partial charge in [-0.3, -0.25) is 9.69 Å². The van der Waals surface area contributed by atoms with E-state index in [1.165, 1.54) is 4.68 Å². The molecule has 4 rings (SSSR count). The number of nitrogens with zero attached hydrogens (tertiary/aromatic N) is 4. The zero-order valence-electron chi connectivity index (χ0n) is 13.4. The second-order valence-corrected chi connectivity index (χ2v) is 6.84. The molecular formula is C17H18N4O2S. The minimum atomic E-state index is -0.0282. The van der Waals surface area contributed by atoms with Gasteiger partial charge in [-0.1, -0.05) is 11.2 Å². The number of fused-ring (bicyclic) bond motifs is 1. The molecule has 0 atom stereocenters. The van der Waals surface area contributed by atoms with E-state index in [4.69, 9.17) is 4.52 Å². The van der Waals surface area contributed by atoms with Gasteiger partial charge in [0.25, 0.3) is 5.56 Å². The molecule has 1 aliphatic heterocycles. The summed E-state index contributed by atoms with van der Waals surface area (Å²) in [6.07, 6.45) is 0.852. The summed E-state index contributed by atoms with van der Waals surface area (Å²) in [5, 5.41) is 10.7. The number of rotatable bonds is 4. The van der Waals surface area contributed by atoms with Gasteiger partial charge < -0.3 is 4.52 Å². The van der Waals surface area contributed by atoms with Crippen LogP contribution in [0.2, 0.25) is 0 Å². The molecule has 124 valence electrons. The Bertz CT molecular complexity index is 898. The fourth-order valence-electron chi connectivity index (χ4n) is 3.01. The average molecular weight is 342 g/mol. The third-order valence-corrected chi connectivity index (χ3v) is 5.12. The highest BCUT2D eigenvalue weighted by Gasteiger charge is 2.20. The van der Waals surface area contributed by atoms with Crippen molar-refractivity contribution in [2.75, 3.05) is 6.54 Å². The van der Waals surface area contributed by atoms with E-state index >= 15 is 0 Å². The van der Waals surface area contributed by atoms with E-state index in [9.17, 15) is 4.79 Å². The molecule has 3 aromatic rings. The van der Waals surface area contributed by atoms with Crippen LogP contribution < -0.4 is 5.56 Å². The first-order valence-corrected chi connectivity index (χ1v) is 8.92. The van der Waals surface area contributed by atoms with Gasteiger partial charge in [0, 0.05) is 44.7 Å². The third kappa shape index (κ3) is 2.92. The first-order chi connectivity index (χ1) is 11.7. The number of aryl methyl sites for hydroxylation is 1. The predicted molar refractivity (Wildman–Crippen MR) is 91.8 cm³/mol. The van der Waals surface area contributed by atoms with Gasteiger partial charge in [-0.05, 0) is 23.9 Å². The minimum Gasteiger partial charge on any atom is -0.355 e. The van der Waals surface area contributed by atoms with Crippen LogP contribution in [0.3, 0.4) is 0 Å². The molecule has 3 aromatic heterocycles. The lowest BCUT2D eigenvalue weighted by atomic mass is 10.1. The van der Waals surface area contributed by atoms with Crippen LogP contribution in [0.1, 0.15) is 23.9 Å². The van der Waals surface area contributed by atoms with Crippen molar-refractivity contribution in [1.82, 2.24) is 19.8 Å². The first-order valence-electron chi connectivity index (χ1n) is 8.04. The Morgan fingerprint density at radius 2 is 2.29 bits per heavy atom. The maximum absolute atomic E-state index is 12.0. The lowest BCUT2D eigenvalue weighted by Crippen LogP contribution is -2.34. The van der Waals surface area contributed by atoms with Crippen LogP contribution in [-0.2, 0) is 26.1 Å². The topological polar surface area (TPSA) is 64.2 Å². The van der Waals surface area contributed by atoms with Crippen LogP contribution in [0, 0.1) is 0 Å². The van der Waals surface area contributed by atoms with Gasteiger partial charge in [-0.15, -0.1) is 11.3 Å². The Morgan fingerprint density at radius 1 is 1.38 bits per heavy atom. The molecule has 1 aliphatic rings. The van der Waals surface area contributed by atoms with E-state index in [-0.39, 0.29) is 5.56 Å². The molecule has 6 nitrogen and oxygen atoms in total. The molecule has 0 N–H and O–H groups in total. The summed E-state index contributed by atoms with van der Waals surface area (Å²) < 4.78 is 6.96. The molecular weight excluding hydrogens is 324 g/mol. The lowest BCUT2D eigenvalue weighted by Gasteiger charge is -2.27. The van der Waals surface area contributed by atoms with Crippen LogP contribution in [0.5, 0.6) is 0 Å². The molecule has 0 spiro atoms. The molecule has 0 amide bonds. The van der Waals surface area contributed by atoms with Crippen molar-refractivity contribution >= 4 is 11.3 Å². The fourth-order valence-corrected chi connectivity index (χ4v) is 3.68. The first kappa shape index (κ1) is 15.3. The number of hydrogen-bond donors (Lipinski definition) is 0. The zero-order valence-corrected chi connectivity index (χ0v) is 14.3. The van der Waals surface area contributed by atoms with Crippen LogP contribution in [0.4, 0.5) is 0 Å². The van der Waals surface area contributed by atoms with Gasteiger partial charge in [0.2, 0.25) is 0 Å². The summed E-state index contributed by atoms with van der Waals surface area (Å²) in [6, 6.07) is 7.74. The van der Waals surface area contributed by atoms with Crippen molar-refractivity contribution in [3.05, 3.63) is 57.0 Å². The Hall–Kier alpha value is -2.25. The van der Waals surface area contributed by atoms with Gasteiger partial charge in [0.05, 0.1) is 16.3 Å². The van der Waals surface area contributed by atoms with Crippen LogP contribution in [0.15, 0.2) is 39.0 Å². The Labute approximate surface area is 143 Å². The summed E-state index contributed by atoms with van der Waals surface area (Å²) in [5.41, 5.74) is 2.95. The van der Waals surface area contributed by atoms with E-state index < -0.39 is 0 Å². The predicted octanol–water partition coefficient (Wildman–Crippen LogP) is 2.54.